The van der Waals surface area contributed by atoms with Crippen molar-refractivity contribution in [3.8, 4) is 0 Å². The lowest BCUT2D eigenvalue weighted by atomic mass is 9.95. The smallest absolute Gasteiger partial charge is 0.223 e. The standard InChI is InChI=1S/C27H41N5OS/c1-17(2)26-30-29-19(4)32(26)23-14-21-9-10-22(15-23)31(21)12-11-24(25-13-18(3)16-34-25)28-27(33)20-7-5-6-8-20/h13,16-17,20-24H,5-12,14-15H2,1-4H3,(H,28,33)/t21-,22+,23?,24-/m0/s1. The van der Waals surface area contributed by atoms with E-state index in [1.807, 2.05) is 0 Å². The van der Waals surface area contributed by atoms with Crippen molar-refractivity contribution in [3.05, 3.63) is 33.5 Å². The maximum Gasteiger partial charge on any atom is 0.223 e. The van der Waals surface area contributed by atoms with Gasteiger partial charge in [-0.3, -0.25) is 9.69 Å². The number of hydrogen-bond acceptors (Lipinski definition) is 5. The summed E-state index contributed by atoms with van der Waals surface area (Å²) in [6, 6.07) is 4.17. The van der Waals surface area contributed by atoms with Crippen LogP contribution in [0.3, 0.4) is 0 Å². The van der Waals surface area contributed by atoms with E-state index in [9.17, 15) is 4.79 Å². The van der Waals surface area contributed by atoms with E-state index in [4.69, 9.17) is 0 Å². The first kappa shape index (κ1) is 24.0. The number of nitrogens with one attached hydrogen (secondary N) is 1. The third-order valence-electron chi connectivity index (χ3n) is 8.45. The van der Waals surface area contributed by atoms with Gasteiger partial charge in [-0.25, -0.2) is 0 Å². The van der Waals surface area contributed by atoms with Crippen LogP contribution in [0.4, 0.5) is 0 Å². The Kier molecular flexibility index (Phi) is 7.12. The highest BCUT2D eigenvalue weighted by Crippen LogP contribution is 2.42. The van der Waals surface area contributed by atoms with Crippen LogP contribution in [0, 0.1) is 19.8 Å². The van der Waals surface area contributed by atoms with E-state index in [0.29, 0.717) is 24.0 Å². The van der Waals surface area contributed by atoms with Gasteiger partial charge in [-0.1, -0.05) is 26.7 Å². The summed E-state index contributed by atoms with van der Waals surface area (Å²) in [7, 11) is 0. The normalized spacial score (nSPS) is 26.4. The molecule has 0 spiro atoms. The average molecular weight is 484 g/mol. The summed E-state index contributed by atoms with van der Waals surface area (Å²) in [6.07, 6.45) is 10.5. The largest absolute Gasteiger partial charge is 0.348 e. The molecule has 2 bridgehead atoms. The van der Waals surface area contributed by atoms with E-state index >= 15 is 0 Å². The van der Waals surface area contributed by atoms with Gasteiger partial charge in [-0.05, 0) is 75.8 Å². The van der Waals surface area contributed by atoms with Crippen LogP contribution in [-0.4, -0.2) is 44.2 Å². The molecule has 186 valence electrons. The van der Waals surface area contributed by atoms with Crippen LogP contribution in [0.15, 0.2) is 11.4 Å². The fourth-order valence-electron chi connectivity index (χ4n) is 6.73. The highest BCUT2D eigenvalue weighted by molar-refractivity contribution is 7.10. The van der Waals surface area contributed by atoms with Gasteiger partial charge in [0.25, 0.3) is 0 Å². The average Bonchev–Trinajstić information content (AvgIpc) is 3.59. The zero-order chi connectivity index (χ0) is 23.8. The SMILES string of the molecule is Cc1csc([C@H](CCN2[C@@H]3CC[C@H]2CC(n2c(C)nnc2C(C)C)C3)NC(=O)C2CCCC2)c1. The fourth-order valence-corrected chi connectivity index (χ4v) is 7.71. The molecule has 2 aromatic rings. The Morgan fingerprint density at radius 3 is 2.41 bits per heavy atom. The molecule has 0 aromatic carbocycles. The van der Waals surface area contributed by atoms with Crippen molar-refractivity contribution in [1.82, 2.24) is 25.0 Å². The molecule has 0 radical (unpaired) electrons. The molecule has 3 aliphatic rings. The number of thiophene rings is 1. The van der Waals surface area contributed by atoms with Crippen LogP contribution >= 0.6 is 11.3 Å². The molecule has 4 atom stereocenters. The van der Waals surface area contributed by atoms with Crippen LogP contribution in [0.5, 0.6) is 0 Å². The molecule has 2 saturated heterocycles. The van der Waals surface area contributed by atoms with Crippen molar-refractivity contribution in [2.45, 2.75) is 116 Å². The summed E-state index contributed by atoms with van der Waals surface area (Å²) < 4.78 is 2.44. The molecule has 1 N–H and O–H groups in total. The van der Waals surface area contributed by atoms with Gasteiger partial charge in [0, 0.05) is 41.4 Å². The second-order valence-electron chi connectivity index (χ2n) is 11.2. The van der Waals surface area contributed by atoms with E-state index in [1.165, 1.54) is 49.0 Å². The van der Waals surface area contributed by atoms with Crippen LogP contribution in [-0.2, 0) is 4.79 Å². The topological polar surface area (TPSA) is 63.1 Å². The molecular weight excluding hydrogens is 442 g/mol. The molecule has 4 heterocycles. The van der Waals surface area contributed by atoms with E-state index in [0.717, 1.165) is 37.5 Å². The van der Waals surface area contributed by atoms with Gasteiger partial charge in [-0.15, -0.1) is 21.5 Å². The third kappa shape index (κ3) is 4.83. The second-order valence-corrected chi connectivity index (χ2v) is 12.2. The molecule has 1 amide bonds. The predicted molar refractivity (Wildman–Crippen MR) is 137 cm³/mol. The molecule has 3 fully saturated rings. The lowest BCUT2D eigenvalue weighted by Gasteiger charge is -2.40. The first-order chi connectivity index (χ1) is 16.4. The number of hydrogen-bond donors (Lipinski definition) is 1. The predicted octanol–water partition coefficient (Wildman–Crippen LogP) is 5.69. The number of carbonyl (C=O) groups excluding carboxylic acids is 1. The molecule has 1 aliphatic carbocycles. The third-order valence-corrected chi connectivity index (χ3v) is 9.61. The van der Waals surface area contributed by atoms with Gasteiger partial charge in [0.1, 0.15) is 11.6 Å². The van der Waals surface area contributed by atoms with E-state index in [1.54, 1.807) is 11.3 Å². The highest BCUT2D eigenvalue weighted by Gasteiger charge is 2.42. The minimum Gasteiger partial charge on any atom is -0.348 e. The lowest BCUT2D eigenvalue weighted by Crippen LogP contribution is -2.45. The number of nitrogens with zero attached hydrogens (tertiary/aromatic N) is 4. The zero-order valence-electron chi connectivity index (χ0n) is 21.3. The number of fused-ring (bicyclic) bond motifs is 2. The first-order valence-electron chi connectivity index (χ1n) is 13.4. The molecule has 6 nitrogen and oxygen atoms in total. The summed E-state index contributed by atoms with van der Waals surface area (Å²) in [5.41, 5.74) is 1.30. The fraction of sp³-hybridized carbons (Fsp3) is 0.741. The quantitative estimate of drug-likeness (QED) is 0.524. The van der Waals surface area contributed by atoms with Crippen molar-refractivity contribution in [3.63, 3.8) is 0 Å². The first-order valence-corrected chi connectivity index (χ1v) is 14.3. The van der Waals surface area contributed by atoms with E-state index in [2.05, 4.69) is 64.1 Å². The summed E-state index contributed by atoms with van der Waals surface area (Å²) in [6.45, 7) is 9.76. The van der Waals surface area contributed by atoms with Crippen molar-refractivity contribution in [2.24, 2.45) is 5.92 Å². The van der Waals surface area contributed by atoms with Crippen LogP contribution < -0.4 is 5.32 Å². The molecule has 5 rings (SSSR count). The minimum absolute atomic E-state index is 0.136. The monoisotopic (exact) mass is 483 g/mol. The van der Waals surface area contributed by atoms with Gasteiger partial charge in [0.2, 0.25) is 5.91 Å². The van der Waals surface area contributed by atoms with Crippen molar-refractivity contribution < 1.29 is 4.79 Å². The molecule has 1 unspecified atom stereocenters. The molecule has 1 saturated carbocycles. The Morgan fingerprint density at radius 1 is 1.09 bits per heavy atom. The number of rotatable bonds is 8. The van der Waals surface area contributed by atoms with Crippen molar-refractivity contribution in [2.75, 3.05) is 6.54 Å². The molecule has 34 heavy (non-hydrogen) atoms. The minimum atomic E-state index is 0.136. The number of amides is 1. The summed E-state index contributed by atoms with van der Waals surface area (Å²) in [5, 5.41) is 14.6. The van der Waals surface area contributed by atoms with Gasteiger partial charge >= 0.3 is 0 Å². The molecule has 2 aromatic heterocycles. The Morgan fingerprint density at radius 2 is 1.79 bits per heavy atom. The maximum absolute atomic E-state index is 13.0. The van der Waals surface area contributed by atoms with E-state index in [-0.39, 0.29) is 17.9 Å². The Balaban J connectivity index is 1.26. The number of carbonyl (C=O) groups is 1. The summed E-state index contributed by atoms with van der Waals surface area (Å²) in [4.78, 5) is 17.1. The van der Waals surface area contributed by atoms with Gasteiger partial charge in [0.05, 0.1) is 6.04 Å². The Hall–Kier alpha value is -1.73. The second kappa shape index (κ2) is 10.1. The van der Waals surface area contributed by atoms with Crippen LogP contribution in [0.25, 0.3) is 0 Å². The van der Waals surface area contributed by atoms with Gasteiger partial charge < -0.3 is 9.88 Å². The van der Waals surface area contributed by atoms with Crippen LogP contribution in [0.1, 0.15) is 112 Å². The molecule has 2 aliphatic heterocycles. The van der Waals surface area contributed by atoms with Gasteiger partial charge in [0.15, 0.2) is 0 Å². The molecular formula is C27H41N5OS. The summed E-state index contributed by atoms with van der Waals surface area (Å²) in [5.74, 6) is 3.09. The number of aromatic nitrogens is 3. The van der Waals surface area contributed by atoms with E-state index < -0.39 is 0 Å². The van der Waals surface area contributed by atoms with Crippen molar-refractivity contribution in [1.29, 1.82) is 0 Å². The van der Waals surface area contributed by atoms with Gasteiger partial charge in [-0.2, -0.15) is 0 Å². The lowest BCUT2D eigenvalue weighted by molar-refractivity contribution is -0.125. The highest BCUT2D eigenvalue weighted by atomic mass is 32.1. The number of aryl methyl sites for hydroxylation is 2. The molecule has 7 heteroatoms. The Labute approximate surface area is 208 Å². The van der Waals surface area contributed by atoms with Crippen LogP contribution in [0.2, 0.25) is 0 Å². The Bertz CT molecular complexity index is 977. The summed E-state index contributed by atoms with van der Waals surface area (Å²) >= 11 is 1.80. The number of piperidine rings is 1. The zero-order valence-corrected chi connectivity index (χ0v) is 22.1. The van der Waals surface area contributed by atoms with Crippen molar-refractivity contribution >= 4 is 17.2 Å². The maximum atomic E-state index is 13.0.